The van der Waals surface area contributed by atoms with Crippen LogP contribution >= 0.6 is 11.8 Å². The lowest BCUT2D eigenvalue weighted by Gasteiger charge is -2.36. The molecule has 34 heavy (non-hydrogen) atoms. The van der Waals surface area contributed by atoms with Crippen LogP contribution in [0.15, 0.2) is 69.8 Å². The van der Waals surface area contributed by atoms with Crippen LogP contribution in [-0.4, -0.2) is 28.6 Å². The maximum absolute atomic E-state index is 15.0. The van der Waals surface area contributed by atoms with Crippen molar-refractivity contribution in [1.82, 2.24) is 4.90 Å². The number of fused-ring (bicyclic) bond motifs is 1. The Morgan fingerprint density at radius 2 is 1.85 bits per heavy atom. The molecule has 4 rings (SSSR count). The second kappa shape index (κ2) is 9.85. The summed E-state index contributed by atoms with van der Waals surface area (Å²) in [5.74, 6) is -1.21. The van der Waals surface area contributed by atoms with E-state index in [0.717, 1.165) is 16.8 Å². The van der Waals surface area contributed by atoms with Gasteiger partial charge in [0.1, 0.15) is 5.82 Å². The molecule has 0 spiro atoms. The topological polar surface area (TPSA) is 71.0 Å². The van der Waals surface area contributed by atoms with Crippen LogP contribution in [-0.2, 0) is 14.3 Å². The van der Waals surface area contributed by atoms with Crippen LogP contribution < -0.4 is 5.32 Å². The summed E-state index contributed by atoms with van der Waals surface area (Å²) in [7, 11) is 0. The van der Waals surface area contributed by atoms with Crippen LogP contribution in [0.25, 0.3) is 0 Å². The van der Waals surface area contributed by atoms with Gasteiger partial charge in [-0.05, 0) is 62.4 Å². The lowest BCUT2D eigenvalue weighted by Crippen LogP contribution is -2.38. The van der Waals surface area contributed by atoms with Crippen molar-refractivity contribution in [2.75, 3.05) is 11.9 Å². The summed E-state index contributed by atoms with van der Waals surface area (Å²) in [5.41, 5.74) is 4.51. The Morgan fingerprint density at radius 1 is 1.15 bits per heavy atom. The molecule has 0 fully saturated rings. The van der Waals surface area contributed by atoms with E-state index in [1.165, 1.54) is 17.8 Å². The molecule has 8 heteroatoms. The van der Waals surface area contributed by atoms with Crippen molar-refractivity contribution in [2.24, 2.45) is 4.99 Å². The summed E-state index contributed by atoms with van der Waals surface area (Å²) in [6, 6.07) is 11.4. The zero-order chi connectivity index (χ0) is 24.4. The van der Waals surface area contributed by atoms with E-state index in [2.05, 4.69) is 10.3 Å². The molecule has 1 amide bonds. The van der Waals surface area contributed by atoms with Gasteiger partial charge < -0.3 is 15.0 Å². The second-order valence-electron chi connectivity index (χ2n) is 8.24. The highest BCUT2D eigenvalue weighted by Gasteiger charge is 2.42. The Morgan fingerprint density at radius 3 is 2.53 bits per heavy atom. The Bertz CT molecular complexity index is 1230. The average Bonchev–Trinajstić information content (AvgIpc) is 3.14. The van der Waals surface area contributed by atoms with E-state index in [9.17, 15) is 14.0 Å². The molecule has 0 unspecified atom stereocenters. The normalized spacial score (nSPS) is 17.2. The summed E-state index contributed by atoms with van der Waals surface area (Å²) in [6.07, 6.45) is 0.0408. The van der Waals surface area contributed by atoms with Gasteiger partial charge in [-0.1, -0.05) is 36.0 Å². The fourth-order valence-electron chi connectivity index (χ4n) is 4.25. The Kier molecular flexibility index (Phi) is 6.88. The minimum atomic E-state index is -0.789. The number of carbonyl (C=O) groups excluding carboxylic acids is 2. The van der Waals surface area contributed by atoms with Crippen LogP contribution in [0.1, 0.15) is 43.0 Å². The third-order valence-corrected chi connectivity index (χ3v) is 6.43. The number of nitrogens with zero attached hydrogens (tertiary/aromatic N) is 2. The fraction of sp³-hybridized carbons (Fsp3) is 0.269. The third-order valence-electron chi connectivity index (χ3n) is 5.54. The van der Waals surface area contributed by atoms with E-state index in [1.807, 2.05) is 37.5 Å². The van der Waals surface area contributed by atoms with E-state index in [4.69, 9.17) is 4.74 Å². The number of benzene rings is 2. The number of nitrogens with one attached hydrogen (secondary N) is 1. The monoisotopic (exact) mass is 479 g/mol. The van der Waals surface area contributed by atoms with Crippen LogP contribution in [0.3, 0.4) is 0 Å². The molecule has 0 saturated carbocycles. The number of aryl methyl sites for hydroxylation is 2. The van der Waals surface area contributed by atoms with Gasteiger partial charge in [0.05, 0.1) is 30.3 Å². The first-order chi connectivity index (χ1) is 16.3. The molecule has 0 radical (unpaired) electrons. The number of rotatable bonds is 6. The van der Waals surface area contributed by atoms with E-state index < -0.39 is 17.8 Å². The van der Waals surface area contributed by atoms with E-state index >= 15 is 0 Å². The Labute approximate surface area is 202 Å². The molecule has 0 aromatic heterocycles. The van der Waals surface area contributed by atoms with Crippen LogP contribution in [0, 0.1) is 19.7 Å². The first kappa shape index (κ1) is 23.8. The molecular weight excluding hydrogens is 453 g/mol. The van der Waals surface area contributed by atoms with E-state index in [-0.39, 0.29) is 24.5 Å². The number of allylic oxidation sites excluding steroid dienone is 1. The quantitative estimate of drug-likeness (QED) is 0.546. The third kappa shape index (κ3) is 4.77. The number of aliphatic imine (C=N–C) groups is 1. The summed E-state index contributed by atoms with van der Waals surface area (Å²) in [4.78, 5) is 32.2. The smallest absolute Gasteiger partial charge is 0.338 e. The number of carbonyl (C=O) groups is 2. The number of amides is 1. The zero-order valence-corrected chi connectivity index (χ0v) is 20.3. The van der Waals surface area contributed by atoms with Crippen LogP contribution in [0.5, 0.6) is 0 Å². The van der Waals surface area contributed by atoms with Crippen molar-refractivity contribution in [2.45, 2.75) is 40.2 Å². The van der Waals surface area contributed by atoms with Crippen molar-refractivity contribution in [3.05, 3.63) is 87.3 Å². The van der Waals surface area contributed by atoms with Gasteiger partial charge in [-0.3, -0.25) is 4.79 Å². The maximum atomic E-state index is 15.0. The Balaban J connectivity index is 1.67. The Hall–Kier alpha value is -3.39. The van der Waals surface area contributed by atoms with Crippen molar-refractivity contribution >= 4 is 34.5 Å². The lowest BCUT2D eigenvalue weighted by molar-refractivity contribution is -0.139. The molecular formula is C26H26FN3O3S. The predicted molar refractivity (Wildman–Crippen MR) is 133 cm³/mol. The molecule has 0 aliphatic carbocycles. The van der Waals surface area contributed by atoms with Crippen molar-refractivity contribution in [1.29, 1.82) is 0 Å². The molecule has 2 heterocycles. The first-order valence-corrected chi connectivity index (χ1v) is 11.9. The molecule has 176 valence electrons. The highest BCUT2D eigenvalue weighted by atomic mass is 32.2. The average molecular weight is 480 g/mol. The number of ether oxygens (including phenoxy) is 1. The second-order valence-corrected chi connectivity index (χ2v) is 9.07. The van der Waals surface area contributed by atoms with Gasteiger partial charge in [0.15, 0.2) is 5.17 Å². The van der Waals surface area contributed by atoms with E-state index in [1.54, 1.807) is 36.9 Å². The number of esters is 1. The summed E-state index contributed by atoms with van der Waals surface area (Å²) in [6.45, 7) is 7.57. The molecule has 0 saturated heterocycles. The molecule has 1 N–H and O–H groups in total. The molecule has 2 aromatic carbocycles. The van der Waals surface area contributed by atoms with E-state index in [0.29, 0.717) is 22.1 Å². The largest absolute Gasteiger partial charge is 0.463 e. The zero-order valence-electron chi connectivity index (χ0n) is 19.5. The van der Waals surface area contributed by atoms with Crippen molar-refractivity contribution < 1.29 is 18.7 Å². The first-order valence-electron chi connectivity index (χ1n) is 11.0. The number of anilines is 1. The van der Waals surface area contributed by atoms with Crippen molar-refractivity contribution in [3.63, 3.8) is 0 Å². The van der Waals surface area contributed by atoms with Gasteiger partial charge in [0, 0.05) is 16.9 Å². The molecule has 0 bridgehead atoms. The standard InChI is InChI=1S/C26H26FN3O3S/c1-5-33-25(32)23-17(4)28-26-30(24(23)20-8-6-7-9-21(20)27)19(14-34-26)13-22(31)29-18-11-15(2)10-16(3)12-18/h6-12,14,24H,5,13H2,1-4H3,(H,29,31)/t24-/m1/s1. The van der Waals surface area contributed by atoms with Crippen LogP contribution in [0.4, 0.5) is 10.1 Å². The number of amidine groups is 1. The van der Waals surface area contributed by atoms with Crippen molar-refractivity contribution in [3.8, 4) is 0 Å². The number of hydrogen-bond donors (Lipinski definition) is 1. The minimum absolute atomic E-state index is 0.0408. The molecule has 2 aliphatic rings. The number of thioether (sulfide) groups is 1. The van der Waals surface area contributed by atoms with Gasteiger partial charge in [-0.2, -0.15) is 0 Å². The maximum Gasteiger partial charge on any atom is 0.338 e. The van der Waals surface area contributed by atoms with Gasteiger partial charge >= 0.3 is 5.97 Å². The SMILES string of the molecule is CCOC(=O)C1=C(C)N=C2SC=C(CC(=O)Nc3cc(C)cc(C)c3)N2[C@@H]1c1ccccc1F. The van der Waals surface area contributed by atoms with Crippen LogP contribution in [0.2, 0.25) is 0 Å². The van der Waals surface area contributed by atoms with Gasteiger partial charge in [0.25, 0.3) is 0 Å². The van der Waals surface area contributed by atoms with Gasteiger partial charge in [-0.15, -0.1) is 0 Å². The summed E-state index contributed by atoms with van der Waals surface area (Å²) in [5, 5.41) is 5.36. The molecule has 2 aromatic rings. The highest BCUT2D eigenvalue weighted by molar-refractivity contribution is 8.16. The lowest BCUT2D eigenvalue weighted by atomic mass is 9.93. The molecule has 2 aliphatic heterocycles. The van der Waals surface area contributed by atoms with Gasteiger partial charge in [-0.25, -0.2) is 14.2 Å². The number of halogens is 1. The molecule has 1 atom stereocenters. The minimum Gasteiger partial charge on any atom is -0.463 e. The molecule has 6 nitrogen and oxygen atoms in total. The summed E-state index contributed by atoms with van der Waals surface area (Å²) < 4.78 is 20.3. The number of hydrogen-bond acceptors (Lipinski definition) is 6. The summed E-state index contributed by atoms with van der Waals surface area (Å²) >= 11 is 1.35. The van der Waals surface area contributed by atoms with Gasteiger partial charge in [0.2, 0.25) is 5.91 Å². The predicted octanol–water partition coefficient (Wildman–Crippen LogP) is 5.61. The highest BCUT2D eigenvalue weighted by Crippen LogP contribution is 2.45. The fourth-order valence-corrected chi connectivity index (χ4v) is 5.21.